The van der Waals surface area contributed by atoms with Crippen LogP contribution in [0, 0.1) is 0 Å². The van der Waals surface area contributed by atoms with Crippen molar-refractivity contribution in [1.29, 1.82) is 0 Å². The fourth-order valence-corrected chi connectivity index (χ4v) is 2.36. The van der Waals surface area contributed by atoms with Crippen LogP contribution in [0.5, 0.6) is 0 Å². The Morgan fingerprint density at radius 3 is 1.26 bits per heavy atom. The molecule has 19 heavy (non-hydrogen) atoms. The van der Waals surface area contributed by atoms with E-state index >= 15 is 0 Å². The Hall–Kier alpha value is -1.18. The first-order valence-electron chi connectivity index (χ1n) is 6.19. The van der Waals surface area contributed by atoms with E-state index in [1.165, 1.54) is 0 Å². The lowest BCUT2D eigenvalue weighted by Gasteiger charge is -2.38. The Bertz CT molecular complexity index is 493. The molecule has 0 amide bonds. The zero-order valence-electron chi connectivity index (χ0n) is 11.3. The van der Waals surface area contributed by atoms with Crippen molar-refractivity contribution in [2.75, 3.05) is 4.90 Å². The largest absolute Gasteiger partial charge is 0.336 e. The molecule has 0 aliphatic carbocycles. The molecule has 0 radical (unpaired) electrons. The summed E-state index contributed by atoms with van der Waals surface area (Å²) in [6, 6.07) is 15.8. The van der Waals surface area contributed by atoms with Crippen LogP contribution in [-0.2, 0) is 0 Å². The zero-order chi connectivity index (χ0) is 14.0. The van der Waals surface area contributed by atoms with Crippen molar-refractivity contribution >= 4 is 34.6 Å². The van der Waals surface area contributed by atoms with Gasteiger partial charge in [-0.3, -0.25) is 0 Å². The van der Waals surface area contributed by atoms with Gasteiger partial charge in [-0.15, -0.1) is 0 Å². The molecule has 0 saturated heterocycles. The summed E-state index contributed by atoms with van der Waals surface area (Å²) in [5.41, 5.74) is 2.18. The van der Waals surface area contributed by atoms with Crippen molar-refractivity contribution in [3.63, 3.8) is 0 Å². The van der Waals surface area contributed by atoms with Crippen LogP contribution in [-0.4, -0.2) is 5.54 Å². The van der Waals surface area contributed by atoms with Crippen LogP contribution in [0.1, 0.15) is 20.8 Å². The molecule has 0 atom stereocenters. The maximum Gasteiger partial charge on any atom is 0.0416 e. The Morgan fingerprint density at radius 2 is 1.00 bits per heavy atom. The van der Waals surface area contributed by atoms with E-state index in [1.54, 1.807) is 0 Å². The van der Waals surface area contributed by atoms with Crippen molar-refractivity contribution < 1.29 is 0 Å². The third-order valence-corrected chi connectivity index (χ3v) is 3.34. The highest BCUT2D eigenvalue weighted by Gasteiger charge is 2.23. The molecule has 0 aromatic heterocycles. The number of anilines is 2. The second-order valence-corrected chi connectivity index (χ2v) is 6.33. The van der Waals surface area contributed by atoms with Gasteiger partial charge in [0.25, 0.3) is 0 Å². The first-order valence-corrected chi connectivity index (χ1v) is 6.95. The molecule has 0 heterocycles. The molecule has 2 rings (SSSR count). The molecule has 0 N–H and O–H groups in total. The summed E-state index contributed by atoms with van der Waals surface area (Å²) in [7, 11) is 0. The van der Waals surface area contributed by atoms with Crippen molar-refractivity contribution in [1.82, 2.24) is 0 Å². The van der Waals surface area contributed by atoms with E-state index in [-0.39, 0.29) is 5.54 Å². The van der Waals surface area contributed by atoms with Gasteiger partial charge in [-0.1, -0.05) is 23.2 Å². The molecule has 2 aromatic rings. The quantitative estimate of drug-likeness (QED) is 0.663. The van der Waals surface area contributed by atoms with Crippen LogP contribution in [0.25, 0.3) is 0 Å². The molecule has 100 valence electrons. The van der Waals surface area contributed by atoms with Gasteiger partial charge in [0.15, 0.2) is 0 Å². The SMILES string of the molecule is CC(C)(C)N(c1ccc(Cl)cc1)c1ccc(Cl)cc1. The molecule has 2 aromatic carbocycles. The van der Waals surface area contributed by atoms with Gasteiger partial charge in [0.2, 0.25) is 0 Å². The summed E-state index contributed by atoms with van der Waals surface area (Å²) >= 11 is 11.9. The minimum Gasteiger partial charge on any atom is -0.336 e. The maximum absolute atomic E-state index is 5.96. The van der Waals surface area contributed by atoms with Crippen molar-refractivity contribution in [2.24, 2.45) is 0 Å². The van der Waals surface area contributed by atoms with Crippen LogP contribution in [0.3, 0.4) is 0 Å². The highest BCUT2D eigenvalue weighted by atomic mass is 35.5. The van der Waals surface area contributed by atoms with Gasteiger partial charge in [0, 0.05) is 27.0 Å². The lowest BCUT2D eigenvalue weighted by Crippen LogP contribution is -2.37. The van der Waals surface area contributed by atoms with Crippen molar-refractivity contribution in [3.8, 4) is 0 Å². The van der Waals surface area contributed by atoms with Crippen LogP contribution >= 0.6 is 23.2 Å². The summed E-state index contributed by atoms with van der Waals surface area (Å²) in [5, 5.41) is 1.49. The van der Waals surface area contributed by atoms with E-state index in [0.717, 1.165) is 21.4 Å². The van der Waals surface area contributed by atoms with Gasteiger partial charge in [0.1, 0.15) is 0 Å². The summed E-state index contributed by atoms with van der Waals surface area (Å²) in [6.07, 6.45) is 0. The monoisotopic (exact) mass is 293 g/mol. The predicted molar refractivity (Wildman–Crippen MR) is 84.8 cm³/mol. The van der Waals surface area contributed by atoms with Crippen molar-refractivity contribution in [3.05, 3.63) is 58.6 Å². The van der Waals surface area contributed by atoms with Crippen LogP contribution in [0.4, 0.5) is 11.4 Å². The molecular formula is C16H17Cl2N. The third kappa shape index (κ3) is 3.43. The van der Waals surface area contributed by atoms with E-state index < -0.39 is 0 Å². The highest BCUT2D eigenvalue weighted by molar-refractivity contribution is 6.31. The van der Waals surface area contributed by atoms with Gasteiger partial charge >= 0.3 is 0 Å². The molecule has 0 aliphatic rings. The van der Waals surface area contributed by atoms with Gasteiger partial charge in [-0.2, -0.15) is 0 Å². The number of rotatable bonds is 2. The number of halogens is 2. The van der Waals surface area contributed by atoms with E-state index in [4.69, 9.17) is 23.2 Å². The molecule has 1 nitrogen and oxygen atoms in total. The molecule has 0 spiro atoms. The van der Waals surface area contributed by atoms with E-state index in [9.17, 15) is 0 Å². The Kier molecular flexibility index (Phi) is 4.07. The number of hydrogen-bond donors (Lipinski definition) is 0. The van der Waals surface area contributed by atoms with Crippen LogP contribution in [0.15, 0.2) is 48.5 Å². The molecule has 3 heteroatoms. The van der Waals surface area contributed by atoms with E-state index in [0.29, 0.717) is 0 Å². The second kappa shape index (κ2) is 5.44. The van der Waals surface area contributed by atoms with Crippen LogP contribution < -0.4 is 4.90 Å². The minimum absolute atomic E-state index is 0.0400. The summed E-state index contributed by atoms with van der Waals surface area (Å²) in [6.45, 7) is 6.53. The molecule has 0 bridgehead atoms. The van der Waals surface area contributed by atoms with Gasteiger partial charge in [-0.05, 0) is 69.3 Å². The topological polar surface area (TPSA) is 3.24 Å². The second-order valence-electron chi connectivity index (χ2n) is 5.46. The summed E-state index contributed by atoms with van der Waals surface area (Å²) in [5.74, 6) is 0. The number of benzene rings is 2. The Labute approximate surface area is 124 Å². The highest BCUT2D eigenvalue weighted by Crippen LogP contribution is 2.34. The van der Waals surface area contributed by atoms with Gasteiger partial charge in [0.05, 0.1) is 0 Å². The Balaban J connectivity index is 2.47. The average molecular weight is 294 g/mol. The summed E-state index contributed by atoms with van der Waals surface area (Å²) in [4.78, 5) is 2.26. The van der Waals surface area contributed by atoms with Crippen molar-refractivity contribution in [2.45, 2.75) is 26.3 Å². The third-order valence-electron chi connectivity index (χ3n) is 2.84. The normalized spacial score (nSPS) is 11.4. The zero-order valence-corrected chi connectivity index (χ0v) is 12.8. The van der Waals surface area contributed by atoms with E-state index in [2.05, 4.69) is 25.7 Å². The smallest absolute Gasteiger partial charge is 0.0416 e. The molecular weight excluding hydrogens is 277 g/mol. The lowest BCUT2D eigenvalue weighted by molar-refractivity contribution is 0.560. The average Bonchev–Trinajstić information content (AvgIpc) is 2.33. The maximum atomic E-state index is 5.96. The Morgan fingerprint density at radius 1 is 0.684 bits per heavy atom. The first kappa shape index (κ1) is 14.2. The van der Waals surface area contributed by atoms with Gasteiger partial charge < -0.3 is 4.90 Å². The fraction of sp³-hybridized carbons (Fsp3) is 0.250. The van der Waals surface area contributed by atoms with Crippen LogP contribution in [0.2, 0.25) is 10.0 Å². The molecule has 0 fully saturated rings. The molecule has 0 aliphatic heterocycles. The fourth-order valence-electron chi connectivity index (χ4n) is 2.10. The first-order chi connectivity index (χ1) is 8.88. The minimum atomic E-state index is -0.0400. The van der Waals surface area contributed by atoms with Gasteiger partial charge in [-0.25, -0.2) is 0 Å². The number of hydrogen-bond acceptors (Lipinski definition) is 1. The molecule has 0 unspecified atom stereocenters. The van der Waals surface area contributed by atoms with E-state index in [1.807, 2.05) is 48.5 Å². The lowest BCUT2D eigenvalue weighted by atomic mass is 10.0. The standard InChI is InChI=1S/C16H17Cl2N/c1-16(2,3)19(14-8-4-12(17)5-9-14)15-10-6-13(18)7-11-15/h4-11H,1-3H3. The summed E-state index contributed by atoms with van der Waals surface area (Å²) < 4.78 is 0. The predicted octanol–water partition coefficient (Wildman–Crippen LogP) is 5.93. The molecule has 0 saturated carbocycles. The number of nitrogens with zero attached hydrogens (tertiary/aromatic N) is 1.